The third-order valence-corrected chi connectivity index (χ3v) is 3.91. The van der Waals surface area contributed by atoms with Gasteiger partial charge < -0.3 is 5.11 Å². The topological polar surface area (TPSA) is 37.3 Å². The molecule has 0 radical (unpaired) electrons. The smallest absolute Gasteiger partial charge is 0.335 e. The number of aromatic carboxylic acids is 1. The third kappa shape index (κ3) is 2.39. The molecule has 1 aliphatic carbocycles. The SMILES string of the molecule is O=C(O)c1cccc(-c2cccc(C3CCC3)c2)c1. The van der Waals surface area contributed by atoms with Crippen LogP contribution in [0.5, 0.6) is 0 Å². The van der Waals surface area contributed by atoms with Crippen molar-refractivity contribution in [3.05, 3.63) is 59.7 Å². The number of carbonyl (C=O) groups is 1. The Hall–Kier alpha value is -2.09. The van der Waals surface area contributed by atoms with E-state index in [1.165, 1.54) is 24.8 Å². The first-order valence-electron chi connectivity index (χ1n) is 6.68. The van der Waals surface area contributed by atoms with Crippen molar-refractivity contribution < 1.29 is 9.90 Å². The first-order valence-corrected chi connectivity index (χ1v) is 6.68. The van der Waals surface area contributed by atoms with E-state index in [4.69, 9.17) is 5.11 Å². The second-order valence-corrected chi connectivity index (χ2v) is 5.14. The average molecular weight is 252 g/mol. The van der Waals surface area contributed by atoms with Crippen LogP contribution in [0.2, 0.25) is 0 Å². The lowest BCUT2D eigenvalue weighted by atomic mass is 9.79. The molecule has 0 saturated heterocycles. The van der Waals surface area contributed by atoms with E-state index in [-0.39, 0.29) is 0 Å². The van der Waals surface area contributed by atoms with Crippen LogP contribution >= 0.6 is 0 Å². The van der Waals surface area contributed by atoms with E-state index in [0.29, 0.717) is 11.5 Å². The molecule has 0 heterocycles. The molecular weight excluding hydrogens is 236 g/mol. The van der Waals surface area contributed by atoms with Crippen molar-refractivity contribution in [3.63, 3.8) is 0 Å². The van der Waals surface area contributed by atoms with Crippen molar-refractivity contribution in [1.82, 2.24) is 0 Å². The predicted molar refractivity (Wildman–Crippen MR) is 75.4 cm³/mol. The molecule has 0 unspecified atom stereocenters. The Labute approximate surface area is 112 Å². The number of hydrogen-bond donors (Lipinski definition) is 1. The second-order valence-electron chi connectivity index (χ2n) is 5.14. The summed E-state index contributed by atoms with van der Waals surface area (Å²) in [6.45, 7) is 0. The van der Waals surface area contributed by atoms with Crippen molar-refractivity contribution in [2.75, 3.05) is 0 Å². The summed E-state index contributed by atoms with van der Waals surface area (Å²) in [5.74, 6) is -0.181. The lowest BCUT2D eigenvalue weighted by Crippen LogP contribution is -2.08. The number of benzene rings is 2. The molecule has 1 saturated carbocycles. The quantitative estimate of drug-likeness (QED) is 0.883. The van der Waals surface area contributed by atoms with Gasteiger partial charge >= 0.3 is 5.97 Å². The summed E-state index contributed by atoms with van der Waals surface area (Å²) in [5.41, 5.74) is 3.80. The molecule has 2 nitrogen and oxygen atoms in total. The zero-order valence-electron chi connectivity index (χ0n) is 10.7. The molecule has 3 rings (SSSR count). The van der Waals surface area contributed by atoms with E-state index < -0.39 is 5.97 Å². The van der Waals surface area contributed by atoms with Gasteiger partial charge in [-0.15, -0.1) is 0 Å². The van der Waals surface area contributed by atoms with Gasteiger partial charge in [0.05, 0.1) is 5.56 Å². The van der Waals surface area contributed by atoms with Crippen LogP contribution in [0, 0.1) is 0 Å². The maximum atomic E-state index is 11.0. The molecule has 0 spiro atoms. The van der Waals surface area contributed by atoms with Crippen LogP contribution in [0.1, 0.15) is 41.1 Å². The van der Waals surface area contributed by atoms with Crippen LogP contribution in [-0.4, -0.2) is 11.1 Å². The van der Waals surface area contributed by atoms with E-state index in [9.17, 15) is 4.79 Å². The largest absolute Gasteiger partial charge is 0.478 e. The highest BCUT2D eigenvalue weighted by Crippen LogP contribution is 2.37. The monoisotopic (exact) mass is 252 g/mol. The first kappa shape index (κ1) is 12.0. The zero-order valence-corrected chi connectivity index (χ0v) is 10.7. The minimum Gasteiger partial charge on any atom is -0.478 e. The Bertz CT molecular complexity index is 612. The molecule has 0 aromatic heterocycles. The van der Waals surface area contributed by atoms with Gasteiger partial charge in [0.2, 0.25) is 0 Å². The van der Waals surface area contributed by atoms with Gasteiger partial charge in [0.1, 0.15) is 0 Å². The maximum Gasteiger partial charge on any atom is 0.335 e. The van der Waals surface area contributed by atoms with Crippen molar-refractivity contribution in [3.8, 4) is 11.1 Å². The highest BCUT2D eigenvalue weighted by Gasteiger charge is 2.19. The van der Waals surface area contributed by atoms with Gasteiger partial charge in [-0.2, -0.15) is 0 Å². The summed E-state index contributed by atoms with van der Waals surface area (Å²) in [7, 11) is 0. The highest BCUT2D eigenvalue weighted by atomic mass is 16.4. The van der Waals surface area contributed by atoms with Crippen molar-refractivity contribution in [2.45, 2.75) is 25.2 Å². The number of carboxylic acid groups (broad SMARTS) is 1. The Morgan fingerprint density at radius 1 is 1.00 bits per heavy atom. The molecule has 19 heavy (non-hydrogen) atoms. The Morgan fingerprint density at radius 2 is 1.68 bits per heavy atom. The molecule has 0 amide bonds. The molecule has 0 bridgehead atoms. The van der Waals surface area contributed by atoms with Gasteiger partial charge in [-0.3, -0.25) is 0 Å². The molecular formula is C17H16O2. The summed E-state index contributed by atoms with van der Waals surface area (Å²) in [4.78, 5) is 11.0. The maximum absolute atomic E-state index is 11.0. The van der Waals surface area contributed by atoms with Crippen LogP contribution in [0.25, 0.3) is 11.1 Å². The predicted octanol–water partition coefficient (Wildman–Crippen LogP) is 4.32. The normalized spacial score (nSPS) is 14.9. The summed E-state index contributed by atoms with van der Waals surface area (Å²) >= 11 is 0. The molecule has 2 aromatic rings. The Balaban J connectivity index is 1.97. The molecule has 2 aromatic carbocycles. The van der Waals surface area contributed by atoms with Crippen LogP contribution in [0.4, 0.5) is 0 Å². The molecule has 2 heteroatoms. The molecule has 96 valence electrons. The minimum absolute atomic E-state index is 0.339. The fraction of sp³-hybridized carbons (Fsp3) is 0.235. The minimum atomic E-state index is -0.878. The van der Waals surface area contributed by atoms with Crippen LogP contribution in [-0.2, 0) is 0 Å². The van der Waals surface area contributed by atoms with Crippen molar-refractivity contribution in [2.24, 2.45) is 0 Å². The van der Waals surface area contributed by atoms with E-state index in [1.54, 1.807) is 18.2 Å². The summed E-state index contributed by atoms with van der Waals surface area (Å²) in [6.07, 6.45) is 3.88. The van der Waals surface area contributed by atoms with Crippen molar-refractivity contribution in [1.29, 1.82) is 0 Å². The summed E-state index contributed by atoms with van der Waals surface area (Å²) in [5, 5.41) is 9.05. The standard InChI is InChI=1S/C17H16O2/c18-17(19)16-9-3-8-15(11-16)14-7-2-6-13(10-14)12-4-1-5-12/h2-3,6-12H,1,4-5H2,(H,18,19). The fourth-order valence-corrected chi connectivity index (χ4v) is 2.55. The summed E-state index contributed by atoms with van der Waals surface area (Å²) in [6, 6.07) is 15.6. The molecule has 1 aliphatic rings. The van der Waals surface area contributed by atoms with Gasteiger partial charge in [-0.1, -0.05) is 42.8 Å². The fourth-order valence-electron chi connectivity index (χ4n) is 2.55. The van der Waals surface area contributed by atoms with E-state index in [2.05, 4.69) is 18.2 Å². The molecule has 0 aliphatic heterocycles. The van der Waals surface area contributed by atoms with Gasteiger partial charge in [0.25, 0.3) is 0 Å². The van der Waals surface area contributed by atoms with Crippen LogP contribution < -0.4 is 0 Å². The van der Waals surface area contributed by atoms with Gasteiger partial charge in [-0.25, -0.2) is 4.79 Å². The van der Waals surface area contributed by atoms with E-state index in [0.717, 1.165) is 11.1 Å². The van der Waals surface area contributed by atoms with E-state index in [1.807, 2.05) is 12.1 Å². The lowest BCUT2D eigenvalue weighted by Gasteiger charge is -2.26. The molecule has 1 fully saturated rings. The Kier molecular flexibility index (Phi) is 3.08. The first-order chi connectivity index (χ1) is 9.24. The third-order valence-electron chi connectivity index (χ3n) is 3.91. The number of rotatable bonds is 3. The summed E-state index contributed by atoms with van der Waals surface area (Å²) < 4.78 is 0. The molecule has 1 N–H and O–H groups in total. The van der Waals surface area contributed by atoms with Gasteiger partial charge in [-0.05, 0) is 47.6 Å². The van der Waals surface area contributed by atoms with Crippen LogP contribution in [0.3, 0.4) is 0 Å². The number of hydrogen-bond acceptors (Lipinski definition) is 1. The highest BCUT2D eigenvalue weighted by molar-refractivity contribution is 5.89. The second kappa shape index (κ2) is 4.88. The average Bonchev–Trinajstić information content (AvgIpc) is 2.37. The van der Waals surface area contributed by atoms with Crippen LogP contribution in [0.15, 0.2) is 48.5 Å². The molecule has 0 atom stereocenters. The van der Waals surface area contributed by atoms with Gasteiger partial charge in [0.15, 0.2) is 0 Å². The number of carboxylic acids is 1. The lowest BCUT2D eigenvalue weighted by molar-refractivity contribution is 0.0697. The van der Waals surface area contributed by atoms with Gasteiger partial charge in [0, 0.05) is 0 Å². The van der Waals surface area contributed by atoms with Crippen molar-refractivity contribution >= 4 is 5.97 Å². The Morgan fingerprint density at radius 3 is 2.32 bits per heavy atom. The zero-order chi connectivity index (χ0) is 13.2. The van der Waals surface area contributed by atoms with E-state index >= 15 is 0 Å².